The zero-order valence-corrected chi connectivity index (χ0v) is 14.2. The smallest absolute Gasteiger partial charge is 0.328 e. The van der Waals surface area contributed by atoms with E-state index in [2.05, 4.69) is 4.98 Å². The third-order valence-electron chi connectivity index (χ3n) is 4.39. The molecule has 2 heterocycles. The van der Waals surface area contributed by atoms with Crippen molar-refractivity contribution >= 4 is 5.91 Å². The van der Waals surface area contributed by atoms with E-state index in [1.54, 1.807) is 23.1 Å². The number of piperidine rings is 1. The lowest BCUT2D eigenvalue weighted by Crippen LogP contribution is -2.44. The van der Waals surface area contributed by atoms with Crippen LogP contribution in [0.3, 0.4) is 0 Å². The van der Waals surface area contributed by atoms with E-state index in [-0.39, 0.29) is 24.1 Å². The van der Waals surface area contributed by atoms with Gasteiger partial charge in [-0.1, -0.05) is 12.1 Å². The standard InChI is InChI=1S/C18H20FN3O4/c19-14-5-1-2-6-15(14)26-12-13-4-3-8-21(10-13)17(24)11-22-9-7-16(23)20-18(22)25/h1-2,5-7,9,13H,3-4,8,10-12H2,(H,20,23,25)/t13-/m0/s1. The van der Waals surface area contributed by atoms with Gasteiger partial charge in [0.05, 0.1) is 6.61 Å². The summed E-state index contributed by atoms with van der Waals surface area (Å²) in [5.41, 5.74) is -1.11. The van der Waals surface area contributed by atoms with Crippen molar-refractivity contribution < 1.29 is 13.9 Å². The van der Waals surface area contributed by atoms with Crippen LogP contribution in [0.25, 0.3) is 0 Å². The second kappa shape index (κ2) is 7.99. The number of nitrogens with zero attached hydrogens (tertiary/aromatic N) is 2. The number of likely N-dealkylation sites (tertiary alicyclic amines) is 1. The Labute approximate surface area is 149 Å². The van der Waals surface area contributed by atoms with Gasteiger partial charge in [-0.05, 0) is 25.0 Å². The molecule has 1 saturated heterocycles. The number of carbonyl (C=O) groups is 1. The van der Waals surface area contributed by atoms with E-state index in [1.165, 1.54) is 22.9 Å². The molecule has 8 heteroatoms. The molecule has 3 rings (SSSR count). The zero-order chi connectivity index (χ0) is 18.5. The Morgan fingerprint density at radius 2 is 2.08 bits per heavy atom. The molecule has 1 aliphatic rings. The monoisotopic (exact) mass is 361 g/mol. The molecule has 26 heavy (non-hydrogen) atoms. The maximum atomic E-state index is 13.6. The lowest BCUT2D eigenvalue weighted by Gasteiger charge is -2.32. The number of H-pyrrole nitrogens is 1. The molecule has 0 unspecified atom stereocenters. The summed E-state index contributed by atoms with van der Waals surface area (Å²) in [6.07, 6.45) is 3.01. The average molecular weight is 361 g/mol. The Balaban J connectivity index is 1.57. The van der Waals surface area contributed by atoms with Crippen LogP contribution < -0.4 is 16.0 Å². The second-order valence-electron chi connectivity index (χ2n) is 6.33. The van der Waals surface area contributed by atoms with Crippen molar-refractivity contribution in [2.24, 2.45) is 5.92 Å². The third kappa shape index (κ3) is 4.38. The van der Waals surface area contributed by atoms with Crippen LogP contribution in [-0.4, -0.2) is 40.1 Å². The van der Waals surface area contributed by atoms with E-state index >= 15 is 0 Å². The van der Waals surface area contributed by atoms with Crippen molar-refractivity contribution in [3.8, 4) is 5.75 Å². The molecule has 0 bridgehead atoms. The number of aromatic amines is 1. The van der Waals surface area contributed by atoms with Gasteiger partial charge < -0.3 is 9.64 Å². The second-order valence-corrected chi connectivity index (χ2v) is 6.33. The van der Waals surface area contributed by atoms with Crippen LogP contribution in [0.1, 0.15) is 12.8 Å². The number of amides is 1. The van der Waals surface area contributed by atoms with Crippen LogP contribution in [0.4, 0.5) is 4.39 Å². The molecule has 2 aromatic rings. The molecule has 0 spiro atoms. The Kier molecular flexibility index (Phi) is 5.50. The molecule has 1 fully saturated rings. The molecule has 0 saturated carbocycles. The van der Waals surface area contributed by atoms with E-state index in [0.29, 0.717) is 19.7 Å². The predicted octanol–water partition coefficient (Wildman–Crippen LogP) is 0.993. The normalized spacial score (nSPS) is 17.1. The number of halogens is 1. The fourth-order valence-electron chi connectivity index (χ4n) is 3.01. The minimum Gasteiger partial charge on any atom is -0.490 e. The van der Waals surface area contributed by atoms with Crippen LogP contribution in [-0.2, 0) is 11.3 Å². The molecule has 1 aromatic carbocycles. The molecule has 1 N–H and O–H groups in total. The first-order valence-electron chi connectivity index (χ1n) is 8.48. The summed E-state index contributed by atoms with van der Waals surface area (Å²) in [7, 11) is 0. The lowest BCUT2D eigenvalue weighted by atomic mass is 9.99. The van der Waals surface area contributed by atoms with E-state index in [9.17, 15) is 18.8 Å². The van der Waals surface area contributed by atoms with E-state index in [1.807, 2.05) is 0 Å². The van der Waals surface area contributed by atoms with Crippen molar-refractivity contribution in [2.75, 3.05) is 19.7 Å². The molecule has 1 aliphatic heterocycles. The minimum atomic E-state index is -0.609. The van der Waals surface area contributed by atoms with Crippen LogP contribution in [0.15, 0.2) is 46.1 Å². The highest BCUT2D eigenvalue weighted by atomic mass is 19.1. The quantitative estimate of drug-likeness (QED) is 0.861. The van der Waals surface area contributed by atoms with Crippen LogP contribution >= 0.6 is 0 Å². The lowest BCUT2D eigenvalue weighted by molar-refractivity contribution is -0.134. The van der Waals surface area contributed by atoms with Gasteiger partial charge in [0, 0.05) is 31.3 Å². The topological polar surface area (TPSA) is 84.4 Å². The molecular formula is C18H20FN3O4. The van der Waals surface area contributed by atoms with Crippen molar-refractivity contribution in [3.63, 3.8) is 0 Å². The van der Waals surface area contributed by atoms with Gasteiger partial charge in [0.2, 0.25) is 5.91 Å². The number of benzene rings is 1. The van der Waals surface area contributed by atoms with Crippen LogP contribution in [0.2, 0.25) is 0 Å². The highest BCUT2D eigenvalue weighted by molar-refractivity contribution is 5.76. The fraction of sp³-hybridized carbons (Fsp3) is 0.389. The van der Waals surface area contributed by atoms with Crippen molar-refractivity contribution in [1.29, 1.82) is 0 Å². The summed E-state index contributed by atoms with van der Waals surface area (Å²) in [5, 5.41) is 0. The highest BCUT2D eigenvalue weighted by Crippen LogP contribution is 2.21. The number of nitrogens with one attached hydrogen (secondary N) is 1. The molecule has 0 radical (unpaired) electrons. The summed E-state index contributed by atoms with van der Waals surface area (Å²) in [5.74, 6) is -0.307. The Hall–Kier alpha value is -2.90. The molecule has 1 amide bonds. The van der Waals surface area contributed by atoms with Gasteiger partial charge in [-0.3, -0.25) is 19.1 Å². The first kappa shape index (κ1) is 17.9. The number of rotatable bonds is 5. The maximum absolute atomic E-state index is 13.6. The summed E-state index contributed by atoms with van der Waals surface area (Å²) in [6, 6.07) is 7.42. The van der Waals surface area contributed by atoms with E-state index < -0.39 is 17.1 Å². The van der Waals surface area contributed by atoms with E-state index in [4.69, 9.17) is 4.74 Å². The molecule has 1 aromatic heterocycles. The predicted molar refractivity (Wildman–Crippen MR) is 92.5 cm³/mol. The van der Waals surface area contributed by atoms with Gasteiger partial charge in [0.15, 0.2) is 11.6 Å². The minimum absolute atomic E-state index is 0.0969. The molecular weight excluding hydrogens is 341 g/mol. The van der Waals surface area contributed by atoms with E-state index in [0.717, 1.165) is 12.8 Å². The average Bonchev–Trinajstić information content (AvgIpc) is 2.63. The molecule has 1 atom stereocenters. The summed E-state index contributed by atoms with van der Waals surface area (Å²) in [4.78, 5) is 39.0. The van der Waals surface area contributed by atoms with Gasteiger partial charge in [-0.2, -0.15) is 0 Å². The fourth-order valence-corrected chi connectivity index (χ4v) is 3.01. The summed E-state index contributed by atoms with van der Waals surface area (Å²) in [6.45, 7) is 1.29. The number of carbonyl (C=O) groups excluding carboxylic acids is 1. The van der Waals surface area contributed by atoms with Gasteiger partial charge in [-0.25, -0.2) is 9.18 Å². The third-order valence-corrected chi connectivity index (χ3v) is 4.39. The SMILES string of the molecule is O=C(Cn1ccc(=O)[nH]c1=O)N1CCC[C@H](COc2ccccc2F)C1. The number of hydrogen-bond donors (Lipinski definition) is 1. The number of para-hydroxylation sites is 1. The Bertz CT molecular complexity index is 892. The van der Waals surface area contributed by atoms with Gasteiger partial charge in [-0.15, -0.1) is 0 Å². The molecule has 0 aliphatic carbocycles. The number of hydrogen-bond acceptors (Lipinski definition) is 4. The van der Waals surface area contributed by atoms with Gasteiger partial charge in [0.25, 0.3) is 5.56 Å². The van der Waals surface area contributed by atoms with Gasteiger partial charge >= 0.3 is 5.69 Å². The Morgan fingerprint density at radius 3 is 2.85 bits per heavy atom. The number of aromatic nitrogens is 2. The summed E-state index contributed by atoms with van der Waals surface area (Å²) < 4.78 is 20.3. The van der Waals surface area contributed by atoms with Crippen molar-refractivity contribution in [1.82, 2.24) is 14.5 Å². The highest BCUT2D eigenvalue weighted by Gasteiger charge is 2.24. The van der Waals surface area contributed by atoms with Crippen LogP contribution in [0.5, 0.6) is 5.75 Å². The van der Waals surface area contributed by atoms with Crippen LogP contribution in [0, 0.1) is 11.7 Å². The van der Waals surface area contributed by atoms with Crippen molar-refractivity contribution in [3.05, 3.63) is 63.2 Å². The van der Waals surface area contributed by atoms with Gasteiger partial charge in [0.1, 0.15) is 6.54 Å². The maximum Gasteiger partial charge on any atom is 0.328 e. The first-order chi connectivity index (χ1) is 12.5. The molecule has 138 valence electrons. The number of ether oxygens (including phenoxy) is 1. The first-order valence-corrected chi connectivity index (χ1v) is 8.48. The largest absolute Gasteiger partial charge is 0.490 e. The molecule has 7 nitrogen and oxygen atoms in total. The zero-order valence-electron chi connectivity index (χ0n) is 14.2. The summed E-state index contributed by atoms with van der Waals surface area (Å²) >= 11 is 0. The van der Waals surface area contributed by atoms with Crippen molar-refractivity contribution in [2.45, 2.75) is 19.4 Å². The Morgan fingerprint density at radius 1 is 1.27 bits per heavy atom.